The number of benzene rings is 1. The van der Waals surface area contributed by atoms with Crippen molar-refractivity contribution in [2.75, 3.05) is 39.1 Å². The number of aromatic nitrogens is 2. The topological polar surface area (TPSA) is 61.4 Å². The Morgan fingerprint density at radius 2 is 1.83 bits per heavy atom. The molecule has 0 aliphatic carbocycles. The van der Waals surface area contributed by atoms with Crippen molar-refractivity contribution in [1.82, 2.24) is 20.2 Å². The maximum atomic E-state index is 10.4. The smallest absolute Gasteiger partial charge is 0.225 e. The maximum Gasteiger partial charge on any atom is 0.225 e. The summed E-state index contributed by atoms with van der Waals surface area (Å²) in [5, 5.41) is 2.67. The average molecular weight is 313 g/mol. The van der Waals surface area contributed by atoms with E-state index in [4.69, 9.17) is 0 Å². The number of nitrogens with zero attached hydrogens (tertiary/aromatic N) is 4. The summed E-state index contributed by atoms with van der Waals surface area (Å²) in [6.07, 6.45) is 4.37. The van der Waals surface area contributed by atoms with Gasteiger partial charge in [-0.05, 0) is 31.3 Å². The fourth-order valence-electron chi connectivity index (χ4n) is 2.14. The molecule has 2 rings (SSSR count). The minimum Gasteiger partial charge on any atom is -0.355 e. The molecule has 6 nitrogen and oxygen atoms in total. The fraction of sp³-hybridized carbons (Fsp3) is 0.353. The molecule has 0 radical (unpaired) electrons. The highest BCUT2D eigenvalue weighted by Crippen LogP contribution is 2.20. The molecule has 0 aliphatic heterocycles. The highest BCUT2D eigenvalue weighted by atomic mass is 16.1. The average Bonchev–Trinajstić information content (AvgIpc) is 2.58. The quantitative estimate of drug-likeness (QED) is 0.746. The van der Waals surface area contributed by atoms with Gasteiger partial charge in [-0.3, -0.25) is 4.79 Å². The van der Waals surface area contributed by atoms with Crippen LogP contribution >= 0.6 is 0 Å². The van der Waals surface area contributed by atoms with Crippen LogP contribution in [0.4, 0.5) is 5.95 Å². The van der Waals surface area contributed by atoms with Crippen LogP contribution in [0, 0.1) is 0 Å². The molecule has 1 aromatic carbocycles. The molecule has 1 aromatic heterocycles. The summed E-state index contributed by atoms with van der Waals surface area (Å²) < 4.78 is 0. The van der Waals surface area contributed by atoms with Crippen LogP contribution < -0.4 is 10.2 Å². The molecule has 0 fully saturated rings. The number of rotatable bonds is 8. The Morgan fingerprint density at radius 1 is 1.09 bits per heavy atom. The molecule has 2 aromatic rings. The van der Waals surface area contributed by atoms with Crippen molar-refractivity contribution in [3.63, 3.8) is 0 Å². The minimum absolute atomic E-state index is 0.517. The first-order chi connectivity index (χ1) is 11.1. The van der Waals surface area contributed by atoms with Gasteiger partial charge < -0.3 is 15.1 Å². The van der Waals surface area contributed by atoms with Gasteiger partial charge in [-0.15, -0.1) is 0 Å². The van der Waals surface area contributed by atoms with E-state index in [9.17, 15) is 4.79 Å². The summed E-state index contributed by atoms with van der Waals surface area (Å²) in [5.41, 5.74) is 3.04. The zero-order valence-electron chi connectivity index (χ0n) is 13.9. The molecular weight excluding hydrogens is 290 g/mol. The SMILES string of the molecule is CN(C)CCN(C)c1ncc(-c2cccc(CNC=O)c2)cn1. The number of anilines is 1. The Morgan fingerprint density at radius 3 is 2.48 bits per heavy atom. The lowest BCUT2D eigenvalue weighted by molar-refractivity contribution is -0.109. The van der Waals surface area contributed by atoms with Gasteiger partial charge in [0.1, 0.15) is 0 Å². The van der Waals surface area contributed by atoms with Crippen LogP contribution in [0.25, 0.3) is 11.1 Å². The molecule has 122 valence electrons. The Kier molecular flexibility index (Phi) is 6.05. The van der Waals surface area contributed by atoms with Crippen LogP contribution in [0.5, 0.6) is 0 Å². The monoisotopic (exact) mass is 313 g/mol. The van der Waals surface area contributed by atoms with Gasteiger partial charge in [0.05, 0.1) is 0 Å². The molecule has 0 saturated heterocycles. The van der Waals surface area contributed by atoms with Crippen LogP contribution in [0.2, 0.25) is 0 Å². The van der Waals surface area contributed by atoms with E-state index >= 15 is 0 Å². The van der Waals surface area contributed by atoms with Crippen LogP contribution in [-0.4, -0.2) is 55.5 Å². The number of carbonyl (C=O) groups is 1. The molecule has 1 N–H and O–H groups in total. The lowest BCUT2D eigenvalue weighted by atomic mass is 10.1. The van der Waals surface area contributed by atoms with Crippen LogP contribution in [0.15, 0.2) is 36.7 Å². The first kappa shape index (κ1) is 16.9. The maximum absolute atomic E-state index is 10.4. The van der Waals surface area contributed by atoms with E-state index < -0.39 is 0 Å². The summed E-state index contributed by atoms with van der Waals surface area (Å²) in [6.45, 7) is 2.34. The van der Waals surface area contributed by atoms with Gasteiger partial charge >= 0.3 is 0 Å². The first-order valence-corrected chi connectivity index (χ1v) is 7.54. The summed E-state index contributed by atoms with van der Waals surface area (Å²) in [6, 6.07) is 7.99. The number of hydrogen-bond acceptors (Lipinski definition) is 5. The first-order valence-electron chi connectivity index (χ1n) is 7.54. The fourth-order valence-corrected chi connectivity index (χ4v) is 2.14. The van der Waals surface area contributed by atoms with Gasteiger partial charge in [-0.25, -0.2) is 9.97 Å². The summed E-state index contributed by atoms with van der Waals surface area (Å²) >= 11 is 0. The zero-order chi connectivity index (χ0) is 16.7. The molecule has 1 heterocycles. The second-order valence-corrected chi connectivity index (χ2v) is 5.70. The molecule has 0 spiro atoms. The van der Waals surface area contributed by atoms with Crippen LogP contribution in [0.1, 0.15) is 5.56 Å². The highest BCUT2D eigenvalue weighted by Gasteiger charge is 2.06. The Balaban J connectivity index is 2.08. The number of amides is 1. The van der Waals surface area contributed by atoms with Crippen molar-refractivity contribution in [3.05, 3.63) is 42.2 Å². The van der Waals surface area contributed by atoms with Gasteiger partial charge in [0.15, 0.2) is 0 Å². The van der Waals surface area contributed by atoms with Crippen LogP contribution in [-0.2, 0) is 11.3 Å². The minimum atomic E-state index is 0.517. The molecule has 0 atom stereocenters. The van der Waals surface area contributed by atoms with E-state index in [1.807, 2.05) is 62.7 Å². The largest absolute Gasteiger partial charge is 0.355 e. The summed E-state index contributed by atoms with van der Waals surface area (Å²) in [5.74, 6) is 0.717. The zero-order valence-corrected chi connectivity index (χ0v) is 13.9. The van der Waals surface area contributed by atoms with E-state index in [1.54, 1.807) is 0 Å². The molecule has 0 unspecified atom stereocenters. The normalized spacial score (nSPS) is 10.6. The predicted molar refractivity (Wildman–Crippen MR) is 92.2 cm³/mol. The third-order valence-corrected chi connectivity index (χ3v) is 3.51. The highest BCUT2D eigenvalue weighted by molar-refractivity contribution is 5.63. The van der Waals surface area contributed by atoms with Gasteiger partial charge in [0.2, 0.25) is 12.4 Å². The second kappa shape index (κ2) is 8.24. The standard InChI is InChI=1S/C17H23N5O/c1-21(2)7-8-22(3)17-19-11-16(12-20-17)15-6-4-5-14(9-15)10-18-13-23/h4-6,9,11-13H,7-8,10H2,1-3H3,(H,18,23). The molecule has 23 heavy (non-hydrogen) atoms. The lowest BCUT2D eigenvalue weighted by Gasteiger charge is -2.19. The Hall–Kier alpha value is -2.47. The van der Waals surface area contributed by atoms with E-state index in [1.165, 1.54) is 0 Å². The summed E-state index contributed by atoms with van der Waals surface area (Å²) in [7, 11) is 6.08. The number of hydrogen-bond donors (Lipinski definition) is 1. The van der Waals surface area contributed by atoms with Crippen molar-refractivity contribution in [2.24, 2.45) is 0 Å². The van der Waals surface area contributed by atoms with E-state index in [0.717, 1.165) is 35.7 Å². The van der Waals surface area contributed by atoms with Gasteiger partial charge in [0.25, 0.3) is 0 Å². The number of carbonyl (C=O) groups excluding carboxylic acids is 1. The van der Waals surface area contributed by atoms with Crippen molar-refractivity contribution < 1.29 is 4.79 Å². The lowest BCUT2D eigenvalue weighted by Crippen LogP contribution is -2.29. The number of likely N-dealkylation sites (N-methyl/N-ethyl adjacent to an activating group) is 2. The van der Waals surface area contributed by atoms with Gasteiger partial charge in [-0.1, -0.05) is 18.2 Å². The molecular formula is C17H23N5O. The third kappa shape index (κ3) is 5.03. The molecule has 6 heteroatoms. The van der Waals surface area contributed by atoms with Gasteiger partial charge in [0, 0.05) is 44.6 Å². The third-order valence-electron chi connectivity index (χ3n) is 3.51. The number of nitrogens with one attached hydrogen (secondary N) is 1. The van der Waals surface area contributed by atoms with Crippen molar-refractivity contribution in [2.45, 2.75) is 6.54 Å². The Bertz CT molecular complexity index is 627. The van der Waals surface area contributed by atoms with E-state index in [2.05, 4.69) is 20.2 Å². The van der Waals surface area contributed by atoms with Crippen molar-refractivity contribution in [3.8, 4) is 11.1 Å². The predicted octanol–water partition coefficient (Wildman–Crippen LogP) is 1.39. The van der Waals surface area contributed by atoms with Crippen molar-refractivity contribution in [1.29, 1.82) is 0 Å². The van der Waals surface area contributed by atoms with E-state index in [0.29, 0.717) is 13.0 Å². The van der Waals surface area contributed by atoms with Crippen molar-refractivity contribution >= 4 is 12.4 Å². The molecule has 1 amide bonds. The molecule has 0 bridgehead atoms. The van der Waals surface area contributed by atoms with Crippen LogP contribution in [0.3, 0.4) is 0 Å². The Labute approximate surface area is 137 Å². The van der Waals surface area contributed by atoms with E-state index in [-0.39, 0.29) is 0 Å². The second-order valence-electron chi connectivity index (χ2n) is 5.70. The molecule has 0 saturated carbocycles. The summed E-state index contributed by atoms with van der Waals surface area (Å²) in [4.78, 5) is 23.5. The molecule has 0 aliphatic rings. The van der Waals surface area contributed by atoms with Gasteiger partial charge in [-0.2, -0.15) is 0 Å².